The molecule has 1 saturated heterocycles. The molecule has 0 aliphatic carbocycles. The summed E-state index contributed by atoms with van der Waals surface area (Å²) >= 11 is 2.76. The Balaban J connectivity index is 2.97. The Morgan fingerprint density at radius 2 is 1.63 bits per heavy atom. The van der Waals surface area contributed by atoms with Gasteiger partial charge in [-0.2, -0.15) is 0 Å². The van der Waals surface area contributed by atoms with Gasteiger partial charge in [-0.1, -0.05) is 13.8 Å². The normalized spacial score (nSPS) is 39.8. The van der Waals surface area contributed by atoms with Crippen LogP contribution in [0.25, 0.3) is 0 Å². The molecule has 0 aromatic heterocycles. The lowest BCUT2D eigenvalue weighted by Crippen LogP contribution is -2.68. The van der Waals surface area contributed by atoms with E-state index in [-0.39, 0.29) is 0 Å². The van der Waals surface area contributed by atoms with Crippen LogP contribution < -0.4 is 0 Å². The predicted molar refractivity (Wildman–Crippen MR) is 75.0 cm³/mol. The molecule has 114 valence electrons. The number of hydrogen-bond acceptors (Lipinski definition) is 8. The van der Waals surface area contributed by atoms with Crippen LogP contribution in [0.1, 0.15) is 13.8 Å². The van der Waals surface area contributed by atoms with E-state index in [9.17, 15) is 20.4 Å². The highest BCUT2D eigenvalue weighted by molar-refractivity contribution is 8.17. The van der Waals surface area contributed by atoms with E-state index in [0.717, 1.165) is 0 Å². The van der Waals surface area contributed by atoms with Gasteiger partial charge in [0.2, 0.25) is 5.79 Å². The molecule has 0 radical (unpaired) electrons. The largest absolute Gasteiger partial charge is 0.394 e. The number of ether oxygens (including phenoxy) is 1. The van der Waals surface area contributed by atoms with Crippen LogP contribution in [-0.2, 0) is 4.74 Å². The third-order valence-corrected chi connectivity index (χ3v) is 5.74. The smallest absolute Gasteiger partial charge is 0.216 e. The lowest BCUT2D eigenvalue weighted by molar-refractivity contribution is -0.341. The molecule has 0 saturated carbocycles. The van der Waals surface area contributed by atoms with Crippen LogP contribution in [0.15, 0.2) is 0 Å². The van der Waals surface area contributed by atoms with Crippen molar-refractivity contribution in [1.29, 1.82) is 0 Å². The molecular formula is C11H22O6S2. The van der Waals surface area contributed by atoms with Gasteiger partial charge in [-0.3, -0.25) is 0 Å². The lowest BCUT2D eigenvalue weighted by Gasteiger charge is -2.48. The topological polar surface area (TPSA) is 110 Å². The second-order valence-corrected chi connectivity index (χ2v) is 7.32. The minimum atomic E-state index is -2.01. The molecule has 1 heterocycles. The van der Waals surface area contributed by atoms with Crippen LogP contribution in [0.3, 0.4) is 0 Å². The molecule has 8 heteroatoms. The van der Waals surface area contributed by atoms with Crippen molar-refractivity contribution >= 4 is 23.5 Å². The fraction of sp³-hybridized carbons (Fsp3) is 1.00. The fourth-order valence-electron chi connectivity index (χ4n) is 1.96. The molecule has 6 nitrogen and oxygen atoms in total. The van der Waals surface area contributed by atoms with E-state index in [1.165, 1.54) is 23.5 Å². The predicted octanol–water partition coefficient (Wildman–Crippen LogP) is -1.02. The van der Waals surface area contributed by atoms with E-state index in [1.807, 2.05) is 13.8 Å². The summed E-state index contributed by atoms with van der Waals surface area (Å²) in [7, 11) is 0. The first-order chi connectivity index (χ1) is 8.92. The Bertz CT molecular complexity index is 274. The van der Waals surface area contributed by atoms with Crippen LogP contribution in [-0.4, -0.2) is 78.4 Å². The second kappa shape index (κ2) is 7.46. The maximum absolute atomic E-state index is 10.6. The standard InChI is InChI=1S/C11H22O6S2/c1-3-18-10(19-4-2)11(16)9(15)8(14)7(13)6(5-12)17-11/h6-10,12-16H,3-5H2,1-2H3/t6-,7-,8+,9-,11-/m1/s1. The third kappa shape index (κ3) is 3.56. The first-order valence-electron chi connectivity index (χ1n) is 6.20. The Morgan fingerprint density at radius 3 is 2.05 bits per heavy atom. The average molecular weight is 314 g/mol. The Labute approximate surface area is 121 Å². The van der Waals surface area contributed by atoms with Crippen molar-refractivity contribution in [2.45, 2.75) is 48.6 Å². The quantitative estimate of drug-likeness (QED) is 0.396. The van der Waals surface area contributed by atoms with Crippen LogP contribution in [0.5, 0.6) is 0 Å². The SMILES string of the molecule is CCSC(SCC)[C@]1(O)O[C@H](CO)[C@@H](O)[C@H](O)[C@H]1O. The zero-order chi connectivity index (χ0) is 14.6. The van der Waals surface area contributed by atoms with Gasteiger partial charge in [-0.15, -0.1) is 23.5 Å². The summed E-state index contributed by atoms with van der Waals surface area (Å²) < 4.78 is 4.77. The number of hydrogen-bond donors (Lipinski definition) is 5. The molecule has 19 heavy (non-hydrogen) atoms. The van der Waals surface area contributed by atoms with Crippen molar-refractivity contribution in [3.8, 4) is 0 Å². The van der Waals surface area contributed by atoms with Gasteiger partial charge in [-0.25, -0.2) is 0 Å². The summed E-state index contributed by atoms with van der Waals surface area (Å²) in [5.41, 5.74) is 0. The van der Waals surface area contributed by atoms with E-state index >= 15 is 0 Å². The molecule has 1 aliphatic rings. The lowest BCUT2D eigenvalue weighted by atomic mass is 9.93. The van der Waals surface area contributed by atoms with Gasteiger partial charge >= 0.3 is 0 Å². The van der Waals surface area contributed by atoms with Crippen molar-refractivity contribution < 1.29 is 30.3 Å². The van der Waals surface area contributed by atoms with Crippen molar-refractivity contribution in [1.82, 2.24) is 0 Å². The van der Waals surface area contributed by atoms with Crippen molar-refractivity contribution in [2.75, 3.05) is 18.1 Å². The first kappa shape index (κ1) is 17.5. The van der Waals surface area contributed by atoms with Gasteiger partial charge in [0.05, 0.1) is 6.61 Å². The van der Waals surface area contributed by atoms with Gasteiger partial charge in [0.15, 0.2) is 0 Å². The molecule has 5 N–H and O–H groups in total. The van der Waals surface area contributed by atoms with E-state index in [2.05, 4.69) is 0 Å². The molecule has 0 aromatic rings. The zero-order valence-corrected chi connectivity index (χ0v) is 12.6. The monoisotopic (exact) mass is 314 g/mol. The average Bonchev–Trinajstić information content (AvgIpc) is 2.40. The van der Waals surface area contributed by atoms with Crippen molar-refractivity contribution in [3.63, 3.8) is 0 Å². The summed E-state index contributed by atoms with van der Waals surface area (Å²) in [6, 6.07) is 0. The molecule has 0 unspecified atom stereocenters. The molecule has 0 bridgehead atoms. The molecule has 5 atom stereocenters. The minimum absolute atomic E-state index is 0.520. The number of aliphatic hydroxyl groups is 5. The summed E-state index contributed by atoms with van der Waals surface area (Å²) in [4.78, 5) is 0. The van der Waals surface area contributed by atoms with Gasteiger partial charge in [0, 0.05) is 0 Å². The summed E-state index contributed by atoms with van der Waals surface area (Å²) in [6.45, 7) is 3.26. The zero-order valence-electron chi connectivity index (χ0n) is 11.0. The van der Waals surface area contributed by atoms with Crippen molar-refractivity contribution in [2.24, 2.45) is 0 Å². The first-order valence-corrected chi connectivity index (χ1v) is 8.30. The number of thioether (sulfide) groups is 2. The highest BCUT2D eigenvalue weighted by atomic mass is 32.2. The summed E-state index contributed by atoms with van der Waals surface area (Å²) in [5.74, 6) is -0.621. The van der Waals surface area contributed by atoms with Crippen LogP contribution >= 0.6 is 23.5 Å². The number of rotatable bonds is 6. The molecule has 0 spiro atoms. The van der Waals surface area contributed by atoms with E-state index < -0.39 is 41.4 Å². The molecule has 1 fully saturated rings. The number of aliphatic hydroxyl groups excluding tert-OH is 4. The fourth-order valence-corrected chi connectivity index (χ4v) is 4.64. The van der Waals surface area contributed by atoms with Crippen LogP contribution in [0, 0.1) is 0 Å². The van der Waals surface area contributed by atoms with Crippen LogP contribution in [0.2, 0.25) is 0 Å². The summed E-state index contributed by atoms with van der Waals surface area (Å²) in [6.07, 6.45) is -5.75. The van der Waals surface area contributed by atoms with E-state index in [0.29, 0.717) is 11.5 Å². The Morgan fingerprint density at radius 1 is 1.11 bits per heavy atom. The molecular weight excluding hydrogens is 292 g/mol. The van der Waals surface area contributed by atoms with Gasteiger partial charge in [0.1, 0.15) is 29.0 Å². The maximum atomic E-state index is 10.6. The Kier molecular flexibility index (Phi) is 6.88. The van der Waals surface area contributed by atoms with Gasteiger partial charge in [0.25, 0.3) is 0 Å². The molecule has 1 aliphatic heterocycles. The highest BCUT2D eigenvalue weighted by Gasteiger charge is 2.56. The van der Waals surface area contributed by atoms with E-state index in [4.69, 9.17) is 9.84 Å². The molecule has 0 amide bonds. The third-order valence-electron chi connectivity index (χ3n) is 2.97. The molecule has 0 aromatic carbocycles. The van der Waals surface area contributed by atoms with Crippen LogP contribution in [0.4, 0.5) is 0 Å². The van der Waals surface area contributed by atoms with Gasteiger partial charge in [-0.05, 0) is 11.5 Å². The van der Waals surface area contributed by atoms with Crippen molar-refractivity contribution in [3.05, 3.63) is 0 Å². The maximum Gasteiger partial charge on any atom is 0.216 e. The highest BCUT2D eigenvalue weighted by Crippen LogP contribution is 2.41. The van der Waals surface area contributed by atoms with Gasteiger partial charge < -0.3 is 30.3 Å². The van der Waals surface area contributed by atoms with E-state index in [1.54, 1.807) is 0 Å². The minimum Gasteiger partial charge on any atom is -0.394 e. The second-order valence-electron chi connectivity index (χ2n) is 4.26. The molecule has 1 rings (SSSR count). The Hall–Kier alpha value is 0.460. The summed E-state index contributed by atoms with van der Waals surface area (Å²) in [5, 5.41) is 49.2.